The second kappa shape index (κ2) is 12.5. The largest absolute Gasteiger partial charge is 0.222 e. The van der Waals surface area contributed by atoms with Gasteiger partial charge in [0.05, 0.1) is 11.4 Å². The highest BCUT2D eigenvalue weighted by molar-refractivity contribution is 5.64. The van der Waals surface area contributed by atoms with Crippen LogP contribution in [-0.4, -0.2) is 0 Å². The summed E-state index contributed by atoms with van der Waals surface area (Å²) in [5.74, 6) is 1.52. The molecule has 0 fully saturated rings. The number of rotatable bonds is 9. The molecule has 2 aromatic rings. The Morgan fingerprint density at radius 1 is 0.750 bits per heavy atom. The van der Waals surface area contributed by atoms with E-state index in [1.54, 1.807) is 0 Å². The predicted molar refractivity (Wildman–Crippen MR) is 157 cm³/mol. The van der Waals surface area contributed by atoms with Gasteiger partial charge in [-0.05, 0) is 89.7 Å². The van der Waals surface area contributed by atoms with Crippen molar-refractivity contribution in [2.24, 2.45) is 10.3 Å². The highest BCUT2D eigenvalue weighted by atomic mass is 15.5. The van der Waals surface area contributed by atoms with Crippen LogP contribution < -0.4 is 5.01 Å². The summed E-state index contributed by atoms with van der Waals surface area (Å²) in [7, 11) is 0. The van der Waals surface area contributed by atoms with Crippen molar-refractivity contribution in [1.29, 1.82) is 0 Å². The third-order valence-electron chi connectivity index (χ3n) is 7.27. The number of hydrogen-bond donors (Lipinski definition) is 0. The Morgan fingerprint density at radius 2 is 1.25 bits per heavy atom. The van der Waals surface area contributed by atoms with Gasteiger partial charge >= 0.3 is 0 Å². The molecule has 0 saturated carbocycles. The van der Waals surface area contributed by atoms with Crippen LogP contribution in [0.2, 0.25) is 0 Å². The molecule has 0 bridgehead atoms. The van der Waals surface area contributed by atoms with Gasteiger partial charge in [0.15, 0.2) is 0 Å². The van der Waals surface area contributed by atoms with E-state index >= 15 is 0 Å². The smallest absolute Gasteiger partial charge is 0.0943 e. The molecule has 0 amide bonds. The highest BCUT2D eigenvalue weighted by Gasteiger charge is 2.20. The first-order valence-electron chi connectivity index (χ1n) is 14.0. The average molecular weight is 486 g/mol. The van der Waals surface area contributed by atoms with Gasteiger partial charge in [0.25, 0.3) is 0 Å². The van der Waals surface area contributed by atoms with Gasteiger partial charge in [-0.2, -0.15) is 0 Å². The Kier molecular flexibility index (Phi) is 9.70. The van der Waals surface area contributed by atoms with Crippen molar-refractivity contribution in [1.82, 2.24) is 0 Å². The maximum absolute atomic E-state index is 5.03. The lowest BCUT2D eigenvalue weighted by atomic mass is 9.92. The molecule has 0 unspecified atom stereocenters. The zero-order valence-corrected chi connectivity index (χ0v) is 24.1. The van der Waals surface area contributed by atoms with Gasteiger partial charge in [0, 0.05) is 6.20 Å². The summed E-state index contributed by atoms with van der Waals surface area (Å²) in [5, 5.41) is 12.1. The Hall–Kier alpha value is -2.68. The second-order valence-electron chi connectivity index (χ2n) is 11.5. The van der Waals surface area contributed by atoms with Crippen molar-refractivity contribution in [3.8, 4) is 0 Å². The summed E-state index contributed by atoms with van der Waals surface area (Å²) in [6, 6.07) is 13.2. The van der Waals surface area contributed by atoms with Crippen molar-refractivity contribution in [3.63, 3.8) is 0 Å². The van der Waals surface area contributed by atoms with E-state index in [1.165, 1.54) is 58.3 Å². The van der Waals surface area contributed by atoms with Crippen molar-refractivity contribution in [2.75, 3.05) is 5.01 Å². The van der Waals surface area contributed by atoms with E-state index in [9.17, 15) is 0 Å². The summed E-state index contributed by atoms with van der Waals surface area (Å²) in [6.45, 7) is 20.2. The highest BCUT2D eigenvalue weighted by Crippen LogP contribution is 2.39. The zero-order chi connectivity index (χ0) is 26.4. The van der Waals surface area contributed by atoms with Crippen LogP contribution in [-0.2, 0) is 0 Å². The number of hydrogen-bond acceptors (Lipinski definition) is 2. The summed E-state index contributed by atoms with van der Waals surface area (Å²) in [6.07, 6.45) is 9.50. The lowest BCUT2D eigenvalue weighted by Crippen LogP contribution is -2.15. The molecule has 2 aromatic carbocycles. The lowest BCUT2D eigenvalue weighted by Gasteiger charge is -2.26. The summed E-state index contributed by atoms with van der Waals surface area (Å²) in [4.78, 5) is 0. The first-order valence-corrected chi connectivity index (χ1v) is 14.0. The van der Waals surface area contributed by atoms with Gasteiger partial charge in [-0.25, -0.2) is 5.01 Å². The van der Waals surface area contributed by atoms with Crippen LogP contribution in [0.5, 0.6) is 0 Å². The summed E-state index contributed by atoms with van der Waals surface area (Å²) < 4.78 is 0. The van der Waals surface area contributed by atoms with Crippen molar-refractivity contribution in [2.45, 2.75) is 112 Å². The fourth-order valence-corrected chi connectivity index (χ4v) is 5.09. The minimum Gasteiger partial charge on any atom is -0.222 e. The Bertz CT molecular complexity index is 1060. The summed E-state index contributed by atoms with van der Waals surface area (Å²) in [5.41, 5.74) is 10.0. The molecule has 0 spiro atoms. The molecule has 36 heavy (non-hydrogen) atoms. The van der Waals surface area contributed by atoms with E-state index in [0.29, 0.717) is 23.7 Å². The molecule has 1 aliphatic rings. The Morgan fingerprint density at radius 3 is 1.69 bits per heavy atom. The van der Waals surface area contributed by atoms with Gasteiger partial charge in [-0.15, -0.1) is 5.11 Å². The van der Waals surface area contributed by atoms with Gasteiger partial charge < -0.3 is 0 Å². The van der Waals surface area contributed by atoms with Crippen molar-refractivity contribution < 1.29 is 0 Å². The number of anilines is 1. The molecular weight excluding hydrogens is 438 g/mol. The van der Waals surface area contributed by atoms with Crippen molar-refractivity contribution >= 4 is 11.4 Å². The van der Waals surface area contributed by atoms with E-state index < -0.39 is 0 Å². The third-order valence-corrected chi connectivity index (χ3v) is 7.27. The molecule has 0 radical (unpaired) electrons. The molecule has 0 saturated heterocycles. The Labute approximate surface area is 220 Å². The monoisotopic (exact) mass is 485 g/mol. The van der Waals surface area contributed by atoms with E-state index in [1.807, 2.05) is 0 Å². The molecule has 0 aromatic heterocycles. The molecule has 0 N–H and O–H groups in total. The molecule has 3 heteroatoms. The normalized spacial score (nSPS) is 15.0. The molecule has 1 aliphatic carbocycles. The number of benzene rings is 2. The number of allylic oxidation sites excluding steroid dienone is 3. The zero-order valence-electron chi connectivity index (χ0n) is 24.1. The molecule has 194 valence electrons. The molecule has 0 heterocycles. The molecule has 3 nitrogen and oxygen atoms in total. The van der Waals surface area contributed by atoms with Crippen LogP contribution in [0.15, 0.2) is 70.2 Å². The topological polar surface area (TPSA) is 28.0 Å². The van der Waals surface area contributed by atoms with Gasteiger partial charge in [0.2, 0.25) is 0 Å². The van der Waals surface area contributed by atoms with E-state index in [0.717, 1.165) is 12.1 Å². The Balaban J connectivity index is 2.24. The lowest BCUT2D eigenvalue weighted by molar-refractivity contribution is 0.704. The minimum atomic E-state index is 0.380. The number of nitrogens with zero attached hydrogens (tertiary/aromatic N) is 3. The predicted octanol–water partition coefficient (Wildman–Crippen LogP) is 11.1. The third kappa shape index (κ3) is 6.55. The SMILES string of the molecule is C/C(=C\N(/N=N/c1c(C(C)C)cccc1C(C)C)c1c(C(C)C)cccc1C(C)C)C1=CCCCC1. The van der Waals surface area contributed by atoms with Gasteiger partial charge in [-0.1, -0.05) is 103 Å². The maximum atomic E-state index is 5.03. The quantitative estimate of drug-likeness (QED) is 0.256. The minimum absolute atomic E-state index is 0.380. The average Bonchev–Trinajstić information content (AvgIpc) is 2.85. The van der Waals surface area contributed by atoms with E-state index in [2.05, 4.69) is 116 Å². The molecule has 0 atom stereocenters. The number of para-hydroxylation sites is 1. The van der Waals surface area contributed by atoms with Crippen LogP contribution in [0.4, 0.5) is 11.4 Å². The van der Waals surface area contributed by atoms with Gasteiger partial charge in [0.1, 0.15) is 0 Å². The fourth-order valence-electron chi connectivity index (χ4n) is 5.09. The van der Waals surface area contributed by atoms with Crippen molar-refractivity contribution in [3.05, 3.63) is 82.1 Å². The van der Waals surface area contributed by atoms with Crippen LogP contribution in [0.25, 0.3) is 0 Å². The summed E-state index contributed by atoms with van der Waals surface area (Å²) >= 11 is 0. The van der Waals surface area contributed by atoms with Gasteiger partial charge in [-0.3, -0.25) is 0 Å². The van der Waals surface area contributed by atoms with E-state index in [-0.39, 0.29) is 0 Å². The molecule has 0 aliphatic heterocycles. The van der Waals surface area contributed by atoms with E-state index in [4.69, 9.17) is 10.3 Å². The molecular formula is C33H47N3. The fraction of sp³-hybridized carbons (Fsp3) is 0.515. The van der Waals surface area contributed by atoms with Crippen LogP contribution >= 0.6 is 0 Å². The second-order valence-corrected chi connectivity index (χ2v) is 11.5. The van der Waals surface area contributed by atoms with Crippen LogP contribution in [0, 0.1) is 0 Å². The van der Waals surface area contributed by atoms with Crippen LogP contribution in [0.1, 0.15) is 134 Å². The van der Waals surface area contributed by atoms with Crippen LogP contribution in [0.3, 0.4) is 0 Å². The molecule has 3 rings (SSSR count). The standard InChI is InChI=1S/C33H47N3/c1-22(2)28-17-13-18-29(23(3)4)32(28)34-35-36(21-26(9)27-15-11-10-12-16-27)33-30(24(5)6)19-14-20-31(33)25(7)8/h13-15,17-25H,10-12,16H2,1-9H3/b26-21+,35-34+. The first-order chi connectivity index (χ1) is 17.1. The maximum Gasteiger partial charge on any atom is 0.0943 e. The first kappa shape index (κ1) is 27.9.